The number of rotatable bonds is 1. The Labute approximate surface area is 89.5 Å². The summed E-state index contributed by atoms with van der Waals surface area (Å²) in [5.41, 5.74) is 5.52. The van der Waals surface area contributed by atoms with Crippen LogP contribution in [0.3, 0.4) is 0 Å². The second-order valence-corrected chi connectivity index (χ2v) is 4.11. The maximum Gasteiger partial charge on any atom is 0.150 e. The summed E-state index contributed by atoms with van der Waals surface area (Å²) >= 11 is 0. The van der Waals surface area contributed by atoms with Crippen molar-refractivity contribution >= 4 is 17.2 Å². The Morgan fingerprint density at radius 3 is 2.47 bits per heavy atom. The van der Waals surface area contributed by atoms with E-state index in [9.17, 15) is 4.79 Å². The Morgan fingerprint density at radius 2 is 1.87 bits per heavy atom. The smallest absolute Gasteiger partial charge is 0.150 e. The molecule has 0 fully saturated rings. The van der Waals surface area contributed by atoms with Gasteiger partial charge in [-0.05, 0) is 44.0 Å². The molecule has 1 aromatic carbocycles. The van der Waals surface area contributed by atoms with Crippen LogP contribution in [0.5, 0.6) is 0 Å². The lowest BCUT2D eigenvalue weighted by Crippen LogP contribution is -1.92. The number of nitrogens with zero attached hydrogens (tertiary/aromatic N) is 1. The van der Waals surface area contributed by atoms with Gasteiger partial charge in [0.1, 0.15) is 6.29 Å². The fraction of sp³-hybridized carbons (Fsp3) is 0.308. The highest BCUT2D eigenvalue weighted by molar-refractivity contribution is 5.92. The van der Waals surface area contributed by atoms with Crippen LogP contribution in [0.1, 0.15) is 27.2 Å². The van der Waals surface area contributed by atoms with E-state index in [0.717, 1.165) is 22.9 Å². The SMILES string of the molecule is Cc1cc2c(C)c(C)n(C)c2cc1C=O. The molecule has 1 heterocycles. The lowest BCUT2D eigenvalue weighted by atomic mass is 10.0. The van der Waals surface area contributed by atoms with Gasteiger partial charge in [-0.3, -0.25) is 4.79 Å². The van der Waals surface area contributed by atoms with Gasteiger partial charge in [0.25, 0.3) is 0 Å². The Morgan fingerprint density at radius 1 is 1.20 bits per heavy atom. The van der Waals surface area contributed by atoms with E-state index in [-0.39, 0.29) is 0 Å². The van der Waals surface area contributed by atoms with Crippen molar-refractivity contribution < 1.29 is 4.79 Å². The highest BCUT2D eigenvalue weighted by atomic mass is 16.1. The molecule has 0 aliphatic rings. The molecule has 2 rings (SSSR count). The van der Waals surface area contributed by atoms with Crippen LogP contribution < -0.4 is 0 Å². The van der Waals surface area contributed by atoms with Crippen LogP contribution in [0.25, 0.3) is 10.9 Å². The predicted molar refractivity (Wildman–Crippen MR) is 62.5 cm³/mol. The summed E-state index contributed by atoms with van der Waals surface area (Å²) in [6.07, 6.45) is 0.923. The number of carbonyl (C=O) groups excluding carboxylic acids is 1. The molecule has 2 nitrogen and oxygen atoms in total. The van der Waals surface area contributed by atoms with Crippen molar-refractivity contribution in [1.29, 1.82) is 0 Å². The van der Waals surface area contributed by atoms with E-state index in [1.54, 1.807) is 0 Å². The van der Waals surface area contributed by atoms with Crippen LogP contribution in [-0.4, -0.2) is 10.9 Å². The van der Waals surface area contributed by atoms with Crippen molar-refractivity contribution in [3.05, 3.63) is 34.5 Å². The van der Waals surface area contributed by atoms with Crippen molar-refractivity contribution in [1.82, 2.24) is 4.57 Å². The molecular weight excluding hydrogens is 186 g/mol. The van der Waals surface area contributed by atoms with Crippen molar-refractivity contribution in [3.8, 4) is 0 Å². The molecule has 0 radical (unpaired) electrons. The van der Waals surface area contributed by atoms with Crippen molar-refractivity contribution in [2.45, 2.75) is 20.8 Å². The van der Waals surface area contributed by atoms with Crippen LogP contribution in [0.2, 0.25) is 0 Å². The quantitative estimate of drug-likeness (QED) is 0.650. The molecule has 0 bridgehead atoms. The summed E-state index contributed by atoms with van der Waals surface area (Å²) in [6.45, 7) is 6.20. The third-order valence-corrected chi connectivity index (χ3v) is 3.32. The molecule has 0 saturated carbocycles. The second-order valence-electron chi connectivity index (χ2n) is 4.11. The fourth-order valence-electron chi connectivity index (χ4n) is 2.04. The summed E-state index contributed by atoms with van der Waals surface area (Å²) < 4.78 is 2.14. The van der Waals surface area contributed by atoms with Gasteiger partial charge >= 0.3 is 0 Å². The topological polar surface area (TPSA) is 22.0 Å². The molecule has 1 aromatic heterocycles. The van der Waals surface area contributed by atoms with Crippen LogP contribution >= 0.6 is 0 Å². The zero-order valence-electron chi connectivity index (χ0n) is 9.59. The van der Waals surface area contributed by atoms with E-state index in [2.05, 4.69) is 24.5 Å². The first-order chi connectivity index (χ1) is 7.06. The van der Waals surface area contributed by atoms with E-state index in [1.165, 1.54) is 16.6 Å². The van der Waals surface area contributed by atoms with Crippen molar-refractivity contribution in [3.63, 3.8) is 0 Å². The number of benzene rings is 1. The number of aryl methyl sites for hydroxylation is 3. The summed E-state index contributed by atoms with van der Waals surface area (Å²) in [5.74, 6) is 0. The monoisotopic (exact) mass is 201 g/mol. The third-order valence-electron chi connectivity index (χ3n) is 3.32. The molecule has 78 valence electrons. The number of carbonyl (C=O) groups is 1. The second kappa shape index (κ2) is 3.23. The zero-order chi connectivity index (χ0) is 11.2. The van der Waals surface area contributed by atoms with Gasteiger partial charge in [0.05, 0.1) is 0 Å². The average molecular weight is 201 g/mol. The molecule has 0 atom stereocenters. The first kappa shape index (κ1) is 9.97. The molecule has 0 spiro atoms. The lowest BCUT2D eigenvalue weighted by molar-refractivity contribution is 0.112. The Kier molecular flexibility index (Phi) is 2.14. The van der Waals surface area contributed by atoms with Crippen molar-refractivity contribution in [2.24, 2.45) is 7.05 Å². The van der Waals surface area contributed by atoms with Crippen LogP contribution in [0.15, 0.2) is 12.1 Å². The van der Waals surface area contributed by atoms with Crippen LogP contribution in [0, 0.1) is 20.8 Å². The van der Waals surface area contributed by atoms with E-state index in [0.29, 0.717) is 0 Å². The third kappa shape index (κ3) is 1.29. The molecule has 0 unspecified atom stereocenters. The maximum absolute atomic E-state index is 10.9. The van der Waals surface area contributed by atoms with E-state index in [1.807, 2.05) is 20.0 Å². The minimum absolute atomic E-state index is 0.781. The molecule has 0 N–H and O–H groups in total. The predicted octanol–water partition coefficient (Wildman–Crippen LogP) is 2.92. The minimum atomic E-state index is 0.781. The summed E-state index contributed by atoms with van der Waals surface area (Å²) in [7, 11) is 2.04. The molecule has 0 aliphatic heterocycles. The normalized spacial score (nSPS) is 10.9. The molecule has 0 saturated heterocycles. The van der Waals surface area contributed by atoms with E-state index < -0.39 is 0 Å². The average Bonchev–Trinajstić information content (AvgIpc) is 2.43. The number of hydrogen-bond donors (Lipinski definition) is 0. The zero-order valence-corrected chi connectivity index (χ0v) is 9.59. The Balaban J connectivity index is 2.93. The van der Waals surface area contributed by atoms with Gasteiger partial charge in [-0.25, -0.2) is 0 Å². The lowest BCUT2D eigenvalue weighted by Gasteiger charge is -2.01. The standard InChI is InChI=1S/C13H15NO/c1-8-5-12-9(2)10(3)14(4)13(12)6-11(8)7-15/h5-7H,1-4H3. The minimum Gasteiger partial charge on any atom is -0.348 e. The molecule has 0 aliphatic carbocycles. The van der Waals surface area contributed by atoms with Gasteiger partial charge in [0.15, 0.2) is 0 Å². The van der Waals surface area contributed by atoms with E-state index in [4.69, 9.17) is 0 Å². The Hall–Kier alpha value is -1.57. The fourth-order valence-corrected chi connectivity index (χ4v) is 2.04. The molecule has 15 heavy (non-hydrogen) atoms. The van der Waals surface area contributed by atoms with Crippen LogP contribution in [-0.2, 0) is 7.05 Å². The highest BCUT2D eigenvalue weighted by Crippen LogP contribution is 2.26. The number of aldehydes is 1. The van der Waals surface area contributed by atoms with E-state index >= 15 is 0 Å². The number of hydrogen-bond acceptors (Lipinski definition) is 1. The molecule has 2 heteroatoms. The van der Waals surface area contributed by atoms with Crippen LogP contribution in [0.4, 0.5) is 0 Å². The molecule has 0 amide bonds. The highest BCUT2D eigenvalue weighted by Gasteiger charge is 2.10. The van der Waals surface area contributed by atoms with Gasteiger partial charge < -0.3 is 4.57 Å². The largest absolute Gasteiger partial charge is 0.348 e. The molecular formula is C13H15NO. The van der Waals surface area contributed by atoms with Gasteiger partial charge in [-0.2, -0.15) is 0 Å². The number of aromatic nitrogens is 1. The van der Waals surface area contributed by atoms with Gasteiger partial charge in [-0.1, -0.05) is 0 Å². The van der Waals surface area contributed by atoms with Gasteiger partial charge in [-0.15, -0.1) is 0 Å². The van der Waals surface area contributed by atoms with Gasteiger partial charge in [0.2, 0.25) is 0 Å². The summed E-state index contributed by atoms with van der Waals surface area (Å²) in [6, 6.07) is 4.07. The first-order valence-corrected chi connectivity index (χ1v) is 5.07. The first-order valence-electron chi connectivity index (χ1n) is 5.07. The summed E-state index contributed by atoms with van der Waals surface area (Å²) in [5, 5.41) is 1.25. The summed E-state index contributed by atoms with van der Waals surface area (Å²) in [4.78, 5) is 10.9. The number of fused-ring (bicyclic) bond motifs is 1. The molecule has 2 aromatic rings. The Bertz CT molecular complexity index is 549. The maximum atomic E-state index is 10.9. The van der Waals surface area contributed by atoms with Crippen molar-refractivity contribution in [2.75, 3.05) is 0 Å². The van der Waals surface area contributed by atoms with Gasteiger partial charge in [0, 0.05) is 29.2 Å².